The summed E-state index contributed by atoms with van der Waals surface area (Å²) >= 11 is 0. The lowest BCUT2D eigenvalue weighted by molar-refractivity contribution is 0.460. The van der Waals surface area contributed by atoms with E-state index in [0.717, 1.165) is 25.8 Å². The van der Waals surface area contributed by atoms with Crippen LogP contribution in [-0.2, 0) is 6.54 Å². The van der Waals surface area contributed by atoms with Crippen molar-refractivity contribution in [2.75, 3.05) is 6.54 Å². The lowest BCUT2D eigenvalue weighted by atomic mass is 10.1. The Bertz CT molecular complexity index is 608. The molecule has 1 aromatic carbocycles. The van der Waals surface area contributed by atoms with Crippen LogP contribution in [0.5, 0.6) is 0 Å². The van der Waals surface area contributed by atoms with Gasteiger partial charge in [-0.05, 0) is 38.4 Å². The van der Waals surface area contributed by atoms with E-state index in [9.17, 15) is 4.79 Å². The summed E-state index contributed by atoms with van der Waals surface area (Å²) in [7, 11) is 0. The fraction of sp³-hybridized carbons (Fsp3) is 0.533. The summed E-state index contributed by atoms with van der Waals surface area (Å²) in [5, 5.41) is 12.1. The summed E-state index contributed by atoms with van der Waals surface area (Å²) in [5.74, 6) is 0. The van der Waals surface area contributed by atoms with E-state index >= 15 is 0 Å². The van der Waals surface area contributed by atoms with Crippen LogP contribution in [0.1, 0.15) is 33.1 Å². The van der Waals surface area contributed by atoms with Crippen LogP contribution in [0.25, 0.3) is 10.9 Å². The highest BCUT2D eigenvalue weighted by Crippen LogP contribution is 2.05. The molecule has 0 bridgehead atoms. The van der Waals surface area contributed by atoms with E-state index in [1.54, 1.807) is 6.07 Å². The number of hydrogen-bond donors (Lipinski definition) is 1. The van der Waals surface area contributed by atoms with Gasteiger partial charge < -0.3 is 5.32 Å². The highest BCUT2D eigenvalue weighted by molar-refractivity contribution is 5.76. The molecular weight excluding hydrogens is 252 g/mol. The van der Waals surface area contributed by atoms with Crippen LogP contribution in [0.4, 0.5) is 0 Å². The zero-order chi connectivity index (χ0) is 14.4. The summed E-state index contributed by atoms with van der Waals surface area (Å²) in [6, 6.07) is 7.86. The van der Waals surface area contributed by atoms with Crippen LogP contribution in [0, 0.1) is 0 Å². The normalized spacial score (nSPS) is 12.7. The van der Waals surface area contributed by atoms with Gasteiger partial charge in [0.15, 0.2) is 0 Å². The first-order valence-electron chi connectivity index (χ1n) is 7.28. The van der Waals surface area contributed by atoms with Gasteiger partial charge in [0.1, 0.15) is 5.52 Å². The summed E-state index contributed by atoms with van der Waals surface area (Å²) in [5.41, 5.74) is 0.616. The Balaban J connectivity index is 1.94. The number of aromatic nitrogens is 3. The Hall–Kier alpha value is -1.75. The third kappa shape index (κ3) is 3.63. The van der Waals surface area contributed by atoms with Crippen LogP contribution in [0.3, 0.4) is 0 Å². The Kier molecular flexibility index (Phi) is 5.24. The number of fused-ring (bicyclic) bond motifs is 1. The average molecular weight is 274 g/mol. The molecule has 1 aromatic heterocycles. The minimum absolute atomic E-state index is 0.0460. The van der Waals surface area contributed by atoms with Crippen molar-refractivity contribution in [3.05, 3.63) is 34.6 Å². The molecule has 1 atom stereocenters. The number of hydrogen-bond acceptors (Lipinski definition) is 4. The molecule has 1 unspecified atom stereocenters. The molecule has 0 amide bonds. The van der Waals surface area contributed by atoms with Gasteiger partial charge in [-0.1, -0.05) is 30.7 Å². The summed E-state index contributed by atoms with van der Waals surface area (Å²) in [4.78, 5) is 12.2. The standard InChI is InChI=1S/C15H22N4O/c1-3-16-12(2)8-6-7-11-19-15(20)13-9-4-5-10-14(13)17-18-19/h4-5,9-10,12,16H,3,6-8,11H2,1-2H3. The topological polar surface area (TPSA) is 59.8 Å². The second kappa shape index (κ2) is 7.14. The van der Waals surface area contributed by atoms with Crippen molar-refractivity contribution in [3.63, 3.8) is 0 Å². The quantitative estimate of drug-likeness (QED) is 0.784. The zero-order valence-corrected chi connectivity index (χ0v) is 12.2. The SMILES string of the molecule is CCNC(C)CCCCn1nnc2ccccc2c1=O. The van der Waals surface area contributed by atoms with Gasteiger partial charge in [-0.15, -0.1) is 5.10 Å². The molecule has 0 saturated carbocycles. The van der Waals surface area contributed by atoms with Gasteiger partial charge in [0.25, 0.3) is 5.56 Å². The minimum atomic E-state index is -0.0460. The predicted octanol–water partition coefficient (Wildman–Crippen LogP) is 1.96. The Morgan fingerprint density at radius 3 is 2.90 bits per heavy atom. The molecule has 1 heterocycles. The van der Waals surface area contributed by atoms with E-state index in [-0.39, 0.29) is 5.56 Å². The van der Waals surface area contributed by atoms with Crippen molar-refractivity contribution >= 4 is 10.9 Å². The van der Waals surface area contributed by atoms with E-state index in [0.29, 0.717) is 23.5 Å². The van der Waals surface area contributed by atoms with Gasteiger partial charge in [0, 0.05) is 12.6 Å². The number of nitrogens with one attached hydrogen (secondary N) is 1. The highest BCUT2D eigenvalue weighted by atomic mass is 16.1. The summed E-state index contributed by atoms with van der Waals surface area (Å²) < 4.78 is 1.47. The van der Waals surface area contributed by atoms with E-state index in [2.05, 4.69) is 29.5 Å². The molecule has 108 valence electrons. The molecule has 0 aliphatic heterocycles. The van der Waals surface area contributed by atoms with Gasteiger partial charge in [-0.25, -0.2) is 4.68 Å². The Morgan fingerprint density at radius 1 is 1.30 bits per heavy atom. The molecule has 2 aromatic rings. The van der Waals surface area contributed by atoms with Gasteiger partial charge in [-0.3, -0.25) is 4.79 Å². The molecule has 0 fully saturated rings. The van der Waals surface area contributed by atoms with Crippen LogP contribution >= 0.6 is 0 Å². The predicted molar refractivity (Wildman–Crippen MR) is 80.8 cm³/mol. The van der Waals surface area contributed by atoms with Gasteiger partial charge in [0.05, 0.1) is 5.39 Å². The highest BCUT2D eigenvalue weighted by Gasteiger charge is 2.05. The second-order valence-electron chi connectivity index (χ2n) is 5.09. The van der Waals surface area contributed by atoms with Gasteiger partial charge in [-0.2, -0.15) is 0 Å². The molecule has 5 nitrogen and oxygen atoms in total. The number of rotatable bonds is 7. The molecule has 0 aliphatic rings. The van der Waals surface area contributed by atoms with Crippen molar-refractivity contribution in [1.82, 2.24) is 20.3 Å². The van der Waals surface area contributed by atoms with Crippen molar-refractivity contribution in [1.29, 1.82) is 0 Å². The van der Waals surface area contributed by atoms with Crippen molar-refractivity contribution in [3.8, 4) is 0 Å². The molecule has 0 radical (unpaired) electrons. The maximum atomic E-state index is 12.2. The molecule has 0 saturated heterocycles. The largest absolute Gasteiger partial charge is 0.315 e. The first-order chi connectivity index (χ1) is 9.72. The van der Waals surface area contributed by atoms with E-state index in [1.807, 2.05) is 18.2 Å². The monoisotopic (exact) mass is 274 g/mol. The zero-order valence-electron chi connectivity index (χ0n) is 12.2. The molecule has 0 spiro atoms. The van der Waals surface area contributed by atoms with E-state index < -0.39 is 0 Å². The number of nitrogens with zero attached hydrogens (tertiary/aromatic N) is 3. The first-order valence-corrected chi connectivity index (χ1v) is 7.28. The fourth-order valence-corrected chi connectivity index (χ4v) is 2.33. The minimum Gasteiger partial charge on any atom is -0.315 e. The van der Waals surface area contributed by atoms with Crippen LogP contribution < -0.4 is 10.9 Å². The van der Waals surface area contributed by atoms with Crippen molar-refractivity contribution in [2.45, 2.75) is 45.7 Å². The Morgan fingerprint density at radius 2 is 2.10 bits per heavy atom. The number of aryl methyl sites for hydroxylation is 1. The maximum absolute atomic E-state index is 12.2. The number of unbranched alkanes of at least 4 members (excludes halogenated alkanes) is 1. The molecule has 20 heavy (non-hydrogen) atoms. The Labute approximate surface area is 119 Å². The molecule has 5 heteroatoms. The van der Waals surface area contributed by atoms with Crippen molar-refractivity contribution < 1.29 is 0 Å². The van der Waals surface area contributed by atoms with Crippen LogP contribution in [0.15, 0.2) is 29.1 Å². The first kappa shape index (κ1) is 14.7. The van der Waals surface area contributed by atoms with E-state index in [1.165, 1.54) is 4.68 Å². The lowest BCUT2D eigenvalue weighted by Gasteiger charge is -2.11. The molecular formula is C15H22N4O. The molecule has 0 aliphatic carbocycles. The van der Waals surface area contributed by atoms with Crippen molar-refractivity contribution in [2.24, 2.45) is 0 Å². The van der Waals surface area contributed by atoms with Gasteiger partial charge in [0.2, 0.25) is 0 Å². The smallest absolute Gasteiger partial charge is 0.277 e. The fourth-order valence-electron chi connectivity index (χ4n) is 2.33. The molecule has 2 rings (SSSR count). The third-order valence-electron chi connectivity index (χ3n) is 3.44. The van der Waals surface area contributed by atoms with E-state index in [4.69, 9.17) is 0 Å². The lowest BCUT2D eigenvalue weighted by Crippen LogP contribution is -2.26. The number of benzene rings is 1. The van der Waals surface area contributed by atoms with Crippen LogP contribution in [0.2, 0.25) is 0 Å². The maximum Gasteiger partial charge on any atom is 0.277 e. The average Bonchev–Trinajstić information content (AvgIpc) is 2.46. The van der Waals surface area contributed by atoms with Gasteiger partial charge >= 0.3 is 0 Å². The third-order valence-corrected chi connectivity index (χ3v) is 3.44. The summed E-state index contributed by atoms with van der Waals surface area (Å²) in [6.45, 7) is 5.93. The summed E-state index contributed by atoms with van der Waals surface area (Å²) in [6.07, 6.45) is 3.14. The molecule has 1 N–H and O–H groups in total. The van der Waals surface area contributed by atoms with Crippen LogP contribution in [-0.4, -0.2) is 27.6 Å². The second-order valence-corrected chi connectivity index (χ2v) is 5.09.